The number of methoxy groups -OCH3 is 1. The van der Waals surface area contributed by atoms with Crippen LogP contribution in [0, 0.1) is 0 Å². The Kier molecular flexibility index (Phi) is 7.08. The van der Waals surface area contributed by atoms with E-state index in [-0.39, 0.29) is 5.91 Å². The maximum atomic E-state index is 12.4. The number of carbonyl (C=O) groups excluding carboxylic acids is 1. The third kappa shape index (κ3) is 5.54. The molecule has 6 heteroatoms. The van der Waals surface area contributed by atoms with E-state index in [1.54, 1.807) is 24.2 Å². The van der Waals surface area contributed by atoms with Gasteiger partial charge >= 0.3 is 0 Å². The Morgan fingerprint density at radius 3 is 2.62 bits per heavy atom. The van der Waals surface area contributed by atoms with E-state index in [9.17, 15) is 4.79 Å². The van der Waals surface area contributed by atoms with Crippen LogP contribution in [0.1, 0.15) is 5.56 Å². The Morgan fingerprint density at radius 1 is 1.17 bits per heavy atom. The van der Waals surface area contributed by atoms with Crippen LogP contribution >= 0.6 is 0 Å². The van der Waals surface area contributed by atoms with Crippen molar-refractivity contribution in [2.24, 2.45) is 0 Å². The summed E-state index contributed by atoms with van der Waals surface area (Å²) in [5, 5.41) is 0. The topological polar surface area (TPSA) is 51.2 Å². The standard InChI is InChI=1S/C18H26N2O4/c1-19(2)8-9-20(10-11-22-3)18(21)7-5-15-4-6-16-17(14-15)24-13-12-23-16/h4-7,14H,8-13H2,1-3H3. The SMILES string of the molecule is COCCN(CCN(C)C)C(=O)C=Cc1ccc2c(c1)OCCO2. The molecule has 0 N–H and O–H groups in total. The quantitative estimate of drug-likeness (QED) is 0.675. The summed E-state index contributed by atoms with van der Waals surface area (Å²) in [4.78, 5) is 16.3. The lowest BCUT2D eigenvalue weighted by molar-refractivity contribution is -0.126. The van der Waals surface area contributed by atoms with Gasteiger partial charge in [-0.25, -0.2) is 0 Å². The molecule has 6 nitrogen and oxygen atoms in total. The van der Waals surface area contributed by atoms with Gasteiger partial charge in [-0.3, -0.25) is 4.79 Å². The van der Waals surface area contributed by atoms with E-state index >= 15 is 0 Å². The molecule has 0 saturated carbocycles. The lowest BCUT2D eigenvalue weighted by Crippen LogP contribution is -2.37. The molecule has 1 heterocycles. The lowest BCUT2D eigenvalue weighted by atomic mass is 10.1. The Hall–Kier alpha value is -2.05. The van der Waals surface area contributed by atoms with Crippen LogP contribution in [-0.2, 0) is 9.53 Å². The molecule has 0 bridgehead atoms. The zero-order valence-corrected chi connectivity index (χ0v) is 14.7. The normalized spacial score (nSPS) is 13.5. The number of rotatable bonds is 8. The fourth-order valence-corrected chi connectivity index (χ4v) is 2.29. The minimum Gasteiger partial charge on any atom is -0.486 e. The van der Waals surface area contributed by atoms with E-state index in [1.807, 2.05) is 32.3 Å². The molecule has 1 aliphatic heterocycles. The number of fused-ring (bicyclic) bond motifs is 1. The van der Waals surface area contributed by atoms with E-state index in [2.05, 4.69) is 4.90 Å². The number of nitrogens with zero attached hydrogens (tertiary/aromatic N) is 2. The monoisotopic (exact) mass is 334 g/mol. The molecule has 0 aromatic heterocycles. The zero-order valence-electron chi connectivity index (χ0n) is 14.7. The van der Waals surface area contributed by atoms with Gasteiger partial charge in [0.05, 0.1) is 6.61 Å². The van der Waals surface area contributed by atoms with E-state index in [1.165, 1.54) is 0 Å². The number of ether oxygens (including phenoxy) is 3. The minimum atomic E-state index is -0.0243. The van der Waals surface area contributed by atoms with Crippen molar-refractivity contribution >= 4 is 12.0 Å². The summed E-state index contributed by atoms with van der Waals surface area (Å²) in [6.45, 7) is 3.70. The van der Waals surface area contributed by atoms with Crippen LogP contribution in [0.15, 0.2) is 24.3 Å². The average molecular weight is 334 g/mol. The molecule has 24 heavy (non-hydrogen) atoms. The second-order valence-electron chi connectivity index (χ2n) is 5.86. The highest BCUT2D eigenvalue weighted by Crippen LogP contribution is 2.31. The van der Waals surface area contributed by atoms with Gasteiger partial charge in [-0.1, -0.05) is 6.07 Å². The van der Waals surface area contributed by atoms with Crippen LogP contribution in [0.2, 0.25) is 0 Å². The smallest absolute Gasteiger partial charge is 0.246 e. The number of hydrogen-bond donors (Lipinski definition) is 0. The first-order valence-corrected chi connectivity index (χ1v) is 8.10. The van der Waals surface area contributed by atoms with Crippen LogP contribution in [0.4, 0.5) is 0 Å². The van der Waals surface area contributed by atoms with Crippen molar-refractivity contribution in [1.29, 1.82) is 0 Å². The first-order chi connectivity index (χ1) is 11.6. The summed E-state index contributed by atoms with van der Waals surface area (Å²) in [5.41, 5.74) is 0.909. The molecule has 0 aliphatic carbocycles. The van der Waals surface area contributed by atoms with Gasteiger partial charge in [0.15, 0.2) is 11.5 Å². The first-order valence-electron chi connectivity index (χ1n) is 8.10. The van der Waals surface area contributed by atoms with Crippen molar-refractivity contribution in [1.82, 2.24) is 9.80 Å². The number of benzene rings is 1. The zero-order chi connectivity index (χ0) is 17.4. The molecule has 2 rings (SSSR count). The molecule has 132 valence electrons. The lowest BCUT2D eigenvalue weighted by Gasteiger charge is -2.23. The van der Waals surface area contributed by atoms with Gasteiger partial charge in [0.1, 0.15) is 13.2 Å². The van der Waals surface area contributed by atoms with Crippen LogP contribution < -0.4 is 9.47 Å². The van der Waals surface area contributed by atoms with Gasteiger partial charge < -0.3 is 24.0 Å². The van der Waals surface area contributed by atoms with E-state index in [0.717, 1.165) is 23.6 Å². The van der Waals surface area contributed by atoms with Gasteiger partial charge in [-0.05, 0) is 37.9 Å². The summed E-state index contributed by atoms with van der Waals surface area (Å²) in [7, 11) is 5.62. The molecule has 0 spiro atoms. The maximum Gasteiger partial charge on any atom is 0.246 e. The number of amides is 1. The summed E-state index contributed by atoms with van der Waals surface area (Å²) >= 11 is 0. The van der Waals surface area contributed by atoms with Crippen molar-refractivity contribution in [3.8, 4) is 11.5 Å². The number of likely N-dealkylation sites (N-methyl/N-ethyl adjacent to an activating group) is 1. The second-order valence-corrected chi connectivity index (χ2v) is 5.86. The van der Waals surface area contributed by atoms with E-state index < -0.39 is 0 Å². The Balaban J connectivity index is 2.00. The van der Waals surface area contributed by atoms with Crippen molar-refractivity contribution in [2.45, 2.75) is 0 Å². The average Bonchev–Trinajstić information content (AvgIpc) is 2.59. The largest absolute Gasteiger partial charge is 0.486 e. The molecule has 0 radical (unpaired) electrons. The highest BCUT2D eigenvalue weighted by atomic mass is 16.6. The number of hydrogen-bond acceptors (Lipinski definition) is 5. The molecular formula is C18H26N2O4. The van der Waals surface area contributed by atoms with E-state index in [4.69, 9.17) is 14.2 Å². The Bertz CT molecular complexity index is 572. The molecule has 0 saturated heterocycles. The summed E-state index contributed by atoms with van der Waals surface area (Å²) < 4.78 is 16.2. The fraction of sp³-hybridized carbons (Fsp3) is 0.500. The van der Waals surface area contributed by atoms with Crippen LogP contribution in [0.3, 0.4) is 0 Å². The van der Waals surface area contributed by atoms with Crippen LogP contribution in [0.25, 0.3) is 6.08 Å². The first kappa shape index (κ1) is 18.3. The third-order valence-corrected chi connectivity index (χ3v) is 3.68. The predicted octanol–water partition coefficient (Wildman–Crippen LogP) is 1.51. The predicted molar refractivity (Wildman–Crippen MR) is 93.5 cm³/mol. The summed E-state index contributed by atoms with van der Waals surface area (Å²) in [6, 6.07) is 5.67. The summed E-state index contributed by atoms with van der Waals surface area (Å²) in [6.07, 6.45) is 3.40. The van der Waals surface area contributed by atoms with Crippen LogP contribution in [-0.4, -0.2) is 76.4 Å². The van der Waals surface area contributed by atoms with Gasteiger partial charge in [0, 0.05) is 32.8 Å². The molecule has 0 fully saturated rings. The maximum absolute atomic E-state index is 12.4. The Labute approximate surface area is 143 Å². The van der Waals surface area contributed by atoms with Gasteiger partial charge in [0.25, 0.3) is 0 Å². The Morgan fingerprint density at radius 2 is 1.92 bits per heavy atom. The van der Waals surface area contributed by atoms with Gasteiger partial charge in [-0.15, -0.1) is 0 Å². The van der Waals surface area contributed by atoms with Gasteiger partial charge in [-0.2, -0.15) is 0 Å². The van der Waals surface area contributed by atoms with Gasteiger partial charge in [0.2, 0.25) is 5.91 Å². The molecule has 1 aliphatic rings. The molecule has 1 aromatic rings. The summed E-state index contributed by atoms with van der Waals surface area (Å²) in [5.74, 6) is 1.45. The molecular weight excluding hydrogens is 308 g/mol. The highest BCUT2D eigenvalue weighted by molar-refractivity contribution is 5.91. The van der Waals surface area contributed by atoms with Crippen molar-refractivity contribution in [2.75, 3.05) is 60.7 Å². The third-order valence-electron chi connectivity index (χ3n) is 3.68. The highest BCUT2D eigenvalue weighted by Gasteiger charge is 2.12. The molecule has 1 amide bonds. The van der Waals surface area contributed by atoms with Crippen molar-refractivity contribution in [3.05, 3.63) is 29.8 Å². The molecule has 0 atom stereocenters. The molecule has 1 aromatic carbocycles. The molecule has 0 unspecified atom stereocenters. The van der Waals surface area contributed by atoms with Crippen molar-refractivity contribution < 1.29 is 19.0 Å². The fourth-order valence-electron chi connectivity index (χ4n) is 2.29. The second kappa shape index (κ2) is 9.30. The minimum absolute atomic E-state index is 0.0243. The van der Waals surface area contributed by atoms with Crippen molar-refractivity contribution in [3.63, 3.8) is 0 Å². The number of carbonyl (C=O) groups is 1. The van der Waals surface area contributed by atoms with E-state index in [0.29, 0.717) is 32.9 Å². The van der Waals surface area contributed by atoms with Crippen LogP contribution in [0.5, 0.6) is 11.5 Å².